The maximum absolute atomic E-state index is 5.37. The molecule has 0 radical (unpaired) electrons. The molecule has 50 heavy (non-hydrogen) atoms. The van der Waals surface area contributed by atoms with Gasteiger partial charge in [-0.1, -0.05) is 154 Å². The van der Waals surface area contributed by atoms with Crippen LogP contribution in [0.5, 0.6) is 0 Å². The number of rotatable bonds is 8. The van der Waals surface area contributed by atoms with Crippen LogP contribution in [0.4, 0.5) is 0 Å². The maximum atomic E-state index is 5.37. The Bertz CT molecular complexity index is 2110. The quantitative estimate of drug-likeness (QED) is 0.181. The molecule has 1 aliphatic heterocycles. The first-order chi connectivity index (χ1) is 24.6. The van der Waals surface area contributed by atoms with E-state index >= 15 is 0 Å². The highest BCUT2D eigenvalue weighted by Crippen LogP contribution is 2.58. The SMILES string of the molecule is CCC1C(c2ccccc2)=NC(c2ccccc2)=NC1c1cccc(-c2cccc(C3=CC4=C(C=CC3)C(CC)(CC)C3CC=CC=C43)c2)c1. The lowest BCUT2D eigenvalue weighted by molar-refractivity contribution is 0.247. The van der Waals surface area contributed by atoms with Crippen molar-refractivity contribution in [3.63, 3.8) is 0 Å². The van der Waals surface area contributed by atoms with Crippen LogP contribution in [0.15, 0.2) is 172 Å². The third-order valence-electron chi connectivity index (χ3n) is 11.7. The van der Waals surface area contributed by atoms with E-state index < -0.39 is 0 Å². The Morgan fingerprint density at radius 2 is 1.38 bits per heavy atom. The molecule has 3 aliphatic carbocycles. The zero-order valence-corrected chi connectivity index (χ0v) is 29.5. The first kappa shape index (κ1) is 32.1. The monoisotopic (exact) mass is 650 g/mol. The highest BCUT2D eigenvalue weighted by molar-refractivity contribution is 6.15. The summed E-state index contributed by atoms with van der Waals surface area (Å²) in [5.74, 6) is 1.56. The first-order valence-corrected chi connectivity index (χ1v) is 18.6. The fourth-order valence-electron chi connectivity index (χ4n) is 9.06. The van der Waals surface area contributed by atoms with Crippen LogP contribution < -0.4 is 0 Å². The summed E-state index contributed by atoms with van der Waals surface area (Å²) in [6.45, 7) is 7.03. The minimum absolute atomic E-state index is 0.0309. The summed E-state index contributed by atoms with van der Waals surface area (Å²) < 4.78 is 0. The van der Waals surface area contributed by atoms with E-state index in [0.717, 1.165) is 36.4 Å². The molecule has 0 N–H and O–H groups in total. The number of allylic oxidation sites excluding steroid dienone is 10. The predicted octanol–water partition coefficient (Wildman–Crippen LogP) is 12.3. The molecule has 4 aromatic rings. The third-order valence-corrected chi connectivity index (χ3v) is 11.7. The molecule has 0 fully saturated rings. The molecule has 8 rings (SSSR count). The van der Waals surface area contributed by atoms with Crippen molar-refractivity contribution in [3.8, 4) is 11.1 Å². The number of hydrogen-bond acceptors (Lipinski definition) is 2. The Labute approximate surface area is 298 Å². The Morgan fingerprint density at radius 1 is 0.700 bits per heavy atom. The van der Waals surface area contributed by atoms with Gasteiger partial charge in [0.2, 0.25) is 0 Å². The van der Waals surface area contributed by atoms with Gasteiger partial charge in [0.05, 0.1) is 11.8 Å². The smallest absolute Gasteiger partial charge is 0.155 e. The van der Waals surface area contributed by atoms with E-state index in [2.05, 4.69) is 166 Å². The van der Waals surface area contributed by atoms with E-state index in [4.69, 9.17) is 9.98 Å². The van der Waals surface area contributed by atoms with Crippen LogP contribution >= 0.6 is 0 Å². The van der Waals surface area contributed by atoms with Crippen molar-refractivity contribution in [3.05, 3.63) is 185 Å². The Morgan fingerprint density at radius 3 is 2.12 bits per heavy atom. The van der Waals surface area contributed by atoms with E-state index in [1.165, 1.54) is 57.4 Å². The van der Waals surface area contributed by atoms with Crippen LogP contribution in [0.25, 0.3) is 16.7 Å². The summed E-state index contributed by atoms with van der Waals surface area (Å²) in [4.78, 5) is 10.6. The second kappa shape index (κ2) is 13.7. The van der Waals surface area contributed by atoms with Gasteiger partial charge in [0.15, 0.2) is 5.84 Å². The largest absolute Gasteiger partial charge is 0.257 e. The maximum Gasteiger partial charge on any atom is 0.155 e. The lowest BCUT2D eigenvalue weighted by atomic mass is 9.67. The van der Waals surface area contributed by atoms with Gasteiger partial charge in [0.1, 0.15) is 0 Å². The van der Waals surface area contributed by atoms with E-state index in [9.17, 15) is 0 Å². The topological polar surface area (TPSA) is 24.7 Å². The van der Waals surface area contributed by atoms with Gasteiger partial charge in [-0.25, -0.2) is 4.99 Å². The van der Waals surface area contributed by atoms with Gasteiger partial charge in [-0.15, -0.1) is 0 Å². The first-order valence-electron chi connectivity index (χ1n) is 18.6. The van der Waals surface area contributed by atoms with Crippen LogP contribution in [-0.2, 0) is 0 Å². The minimum Gasteiger partial charge on any atom is -0.257 e. The highest BCUT2D eigenvalue weighted by Gasteiger charge is 2.47. The van der Waals surface area contributed by atoms with Crippen molar-refractivity contribution in [2.24, 2.45) is 27.2 Å². The van der Waals surface area contributed by atoms with E-state index in [0.29, 0.717) is 5.92 Å². The van der Waals surface area contributed by atoms with Gasteiger partial charge in [0.25, 0.3) is 0 Å². The van der Waals surface area contributed by atoms with Crippen molar-refractivity contribution >= 4 is 17.1 Å². The van der Waals surface area contributed by atoms with E-state index in [1.54, 1.807) is 5.57 Å². The van der Waals surface area contributed by atoms with Gasteiger partial charge in [0, 0.05) is 16.9 Å². The molecule has 4 aromatic carbocycles. The number of fused-ring (bicyclic) bond motifs is 2. The molecule has 0 spiro atoms. The molecular formula is C48H46N2. The van der Waals surface area contributed by atoms with Crippen molar-refractivity contribution in [2.45, 2.75) is 58.9 Å². The third kappa shape index (κ3) is 5.61. The van der Waals surface area contributed by atoms with Gasteiger partial charge < -0.3 is 0 Å². The van der Waals surface area contributed by atoms with Crippen molar-refractivity contribution in [1.82, 2.24) is 0 Å². The molecule has 0 bridgehead atoms. The molecule has 3 unspecified atom stereocenters. The van der Waals surface area contributed by atoms with Gasteiger partial charge in [-0.05, 0) is 100 Å². The molecule has 2 nitrogen and oxygen atoms in total. The zero-order valence-electron chi connectivity index (χ0n) is 29.5. The number of hydrogen-bond donors (Lipinski definition) is 0. The molecule has 1 heterocycles. The van der Waals surface area contributed by atoms with Crippen LogP contribution in [0.2, 0.25) is 0 Å². The van der Waals surface area contributed by atoms with Crippen LogP contribution in [-0.4, -0.2) is 11.5 Å². The predicted molar refractivity (Wildman–Crippen MR) is 211 cm³/mol. The average molecular weight is 651 g/mol. The normalized spacial score (nSPS) is 22.2. The number of amidine groups is 1. The van der Waals surface area contributed by atoms with Crippen LogP contribution in [0.1, 0.15) is 81.2 Å². The van der Waals surface area contributed by atoms with Crippen LogP contribution in [0.3, 0.4) is 0 Å². The van der Waals surface area contributed by atoms with Crippen molar-refractivity contribution in [1.29, 1.82) is 0 Å². The minimum atomic E-state index is -0.0309. The summed E-state index contributed by atoms with van der Waals surface area (Å²) in [6.07, 6.45) is 19.8. The van der Waals surface area contributed by atoms with E-state index in [-0.39, 0.29) is 17.4 Å². The molecule has 0 aromatic heterocycles. The zero-order chi connectivity index (χ0) is 34.1. The average Bonchev–Trinajstić information content (AvgIpc) is 3.28. The van der Waals surface area contributed by atoms with Gasteiger partial charge in [-0.3, -0.25) is 4.99 Å². The lowest BCUT2D eigenvalue weighted by Gasteiger charge is -2.37. The number of nitrogens with zero attached hydrogens (tertiary/aromatic N) is 2. The Balaban J connectivity index is 1.17. The fraction of sp³-hybridized carbons (Fsp3) is 0.250. The van der Waals surface area contributed by atoms with Crippen LogP contribution in [0, 0.1) is 17.3 Å². The summed E-state index contributed by atoms with van der Waals surface area (Å²) in [5.41, 5.74) is 14.5. The second-order valence-electron chi connectivity index (χ2n) is 14.2. The Hall–Kier alpha value is -5.08. The molecule has 2 heteroatoms. The highest BCUT2D eigenvalue weighted by atomic mass is 15.0. The van der Waals surface area contributed by atoms with Crippen molar-refractivity contribution < 1.29 is 0 Å². The second-order valence-corrected chi connectivity index (χ2v) is 14.2. The summed E-state index contributed by atoms with van der Waals surface area (Å²) in [6, 6.07) is 39.3. The van der Waals surface area contributed by atoms with Gasteiger partial charge >= 0.3 is 0 Å². The standard InChI is InChI=1S/C48H46N2/c1-4-40-45(33-18-9-7-10-19-33)49-47(34-20-11-8-12-21-34)50-46(40)39-26-16-24-37(31-39)35-22-15-23-36(30-35)38-25-17-29-44-42(32-38)41-27-13-14-28-43(41)48(44,5-2)6-3/h7-24,26-27,29-32,40,43,46H,4-6,25,28H2,1-3H3. The number of aliphatic imine (C=N–C) groups is 2. The summed E-state index contributed by atoms with van der Waals surface area (Å²) in [7, 11) is 0. The number of benzene rings is 4. The molecule has 248 valence electrons. The Kier molecular flexibility index (Phi) is 8.79. The fourth-order valence-corrected chi connectivity index (χ4v) is 9.06. The molecule has 0 amide bonds. The molecular weight excluding hydrogens is 605 g/mol. The molecule has 0 saturated heterocycles. The summed E-state index contributed by atoms with van der Waals surface area (Å²) >= 11 is 0. The molecule has 3 atom stereocenters. The van der Waals surface area contributed by atoms with Gasteiger partial charge in [-0.2, -0.15) is 0 Å². The molecule has 4 aliphatic rings. The lowest BCUT2D eigenvalue weighted by Crippen LogP contribution is -2.28. The molecule has 0 saturated carbocycles. The summed E-state index contributed by atoms with van der Waals surface area (Å²) in [5, 5.41) is 0. The van der Waals surface area contributed by atoms with Crippen molar-refractivity contribution in [2.75, 3.05) is 0 Å². The van der Waals surface area contributed by atoms with E-state index in [1.807, 2.05) is 0 Å².